The van der Waals surface area contributed by atoms with E-state index in [2.05, 4.69) is 10.6 Å². The first kappa shape index (κ1) is 11.8. The third-order valence-corrected chi connectivity index (χ3v) is 1.38. The van der Waals surface area contributed by atoms with E-state index in [-0.39, 0.29) is 5.57 Å². The van der Waals surface area contributed by atoms with Crippen molar-refractivity contribution in [3.63, 3.8) is 0 Å². The molecule has 0 aromatic rings. The number of alkyl halides is 1. The van der Waals surface area contributed by atoms with Gasteiger partial charge in [-0.2, -0.15) is 5.26 Å². The molecule has 0 fully saturated rings. The van der Waals surface area contributed by atoms with Gasteiger partial charge in [0.25, 0.3) is 5.91 Å². The number of nitrogens with one attached hydrogen (secondary N) is 2. The summed E-state index contributed by atoms with van der Waals surface area (Å²) >= 11 is 5.37. The van der Waals surface area contributed by atoms with Gasteiger partial charge in [-0.25, -0.2) is 0 Å². The zero-order chi connectivity index (χ0) is 10.1. The van der Waals surface area contributed by atoms with Gasteiger partial charge in [0, 0.05) is 25.2 Å². The highest BCUT2D eigenvalue weighted by molar-refractivity contribution is 6.18. The molecule has 0 heterocycles. The van der Waals surface area contributed by atoms with E-state index in [0.717, 1.165) is 0 Å². The van der Waals surface area contributed by atoms with Crippen LogP contribution in [0.25, 0.3) is 0 Å². The second-order valence-electron chi connectivity index (χ2n) is 2.17. The molecule has 0 saturated heterocycles. The zero-order valence-corrected chi connectivity index (χ0v) is 8.19. The van der Waals surface area contributed by atoms with Crippen LogP contribution < -0.4 is 10.6 Å². The summed E-state index contributed by atoms with van der Waals surface area (Å²) < 4.78 is 0. The molecule has 1 amide bonds. The fourth-order valence-corrected chi connectivity index (χ4v) is 0.703. The molecular weight excluding hydrogens is 190 g/mol. The fourth-order valence-electron chi connectivity index (χ4n) is 0.609. The van der Waals surface area contributed by atoms with Gasteiger partial charge in [-0.3, -0.25) is 4.79 Å². The lowest BCUT2D eigenvalue weighted by Crippen LogP contribution is -2.27. The molecule has 0 aromatic heterocycles. The monoisotopic (exact) mass is 201 g/mol. The van der Waals surface area contributed by atoms with Gasteiger partial charge in [0.1, 0.15) is 11.6 Å². The Balaban J connectivity index is 4.09. The molecule has 0 aliphatic heterocycles. The van der Waals surface area contributed by atoms with Crippen molar-refractivity contribution in [2.45, 2.75) is 6.92 Å². The van der Waals surface area contributed by atoms with E-state index in [1.54, 1.807) is 6.07 Å². The van der Waals surface area contributed by atoms with E-state index < -0.39 is 5.91 Å². The van der Waals surface area contributed by atoms with E-state index in [4.69, 9.17) is 16.9 Å². The highest BCUT2D eigenvalue weighted by atomic mass is 35.5. The number of hydrogen-bond donors (Lipinski definition) is 2. The minimum Gasteiger partial charge on any atom is -0.390 e. The molecule has 13 heavy (non-hydrogen) atoms. The molecule has 0 bridgehead atoms. The van der Waals surface area contributed by atoms with Crippen molar-refractivity contribution >= 4 is 17.5 Å². The maximum absolute atomic E-state index is 11.1. The Labute approximate surface area is 82.6 Å². The molecule has 0 aliphatic carbocycles. The summed E-state index contributed by atoms with van der Waals surface area (Å²) in [4.78, 5) is 11.1. The quantitative estimate of drug-likeness (QED) is 0.384. The topological polar surface area (TPSA) is 64.9 Å². The highest BCUT2D eigenvalue weighted by Crippen LogP contribution is 1.89. The van der Waals surface area contributed by atoms with Crippen molar-refractivity contribution in [1.29, 1.82) is 5.26 Å². The van der Waals surface area contributed by atoms with Gasteiger partial charge >= 0.3 is 0 Å². The Bertz CT molecular complexity index is 232. The van der Waals surface area contributed by atoms with Gasteiger partial charge in [-0.05, 0) is 6.92 Å². The standard InChI is InChI=1S/C8H12ClN3O/c1-2-11-6-7(5-10)8(13)12-4-3-9/h6,11H,2-4H2,1H3,(H,12,13)/b7-6-. The van der Waals surface area contributed by atoms with E-state index in [9.17, 15) is 4.79 Å². The van der Waals surface area contributed by atoms with E-state index in [1.165, 1.54) is 6.20 Å². The van der Waals surface area contributed by atoms with Crippen molar-refractivity contribution in [1.82, 2.24) is 10.6 Å². The number of carbonyl (C=O) groups excluding carboxylic acids is 1. The smallest absolute Gasteiger partial charge is 0.263 e. The molecule has 72 valence electrons. The Morgan fingerprint density at radius 1 is 1.69 bits per heavy atom. The summed E-state index contributed by atoms with van der Waals surface area (Å²) in [6, 6.07) is 1.79. The Kier molecular flexibility index (Phi) is 6.75. The summed E-state index contributed by atoms with van der Waals surface area (Å²) in [5.41, 5.74) is 0.0620. The predicted octanol–water partition coefficient (Wildman–Crippen LogP) is 0.358. The van der Waals surface area contributed by atoms with Gasteiger partial charge in [-0.1, -0.05) is 0 Å². The molecule has 0 unspecified atom stereocenters. The lowest BCUT2D eigenvalue weighted by molar-refractivity contribution is -0.117. The number of halogens is 1. The van der Waals surface area contributed by atoms with Crippen LogP contribution in [0.1, 0.15) is 6.92 Å². The van der Waals surface area contributed by atoms with Crippen molar-refractivity contribution in [2.75, 3.05) is 19.0 Å². The van der Waals surface area contributed by atoms with Crippen LogP contribution in [0.4, 0.5) is 0 Å². The molecule has 0 radical (unpaired) electrons. The molecule has 5 heteroatoms. The van der Waals surface area contributed by atoms with Crippen LogP contribution in [0, 0.1) is 11.3 Å². The minimum atomic E-state index is -0.399. The van der Waals surface area contributed by atoms with Crippen LogP contribution in [0.2, 0.25) is 0 Å². The maximum atomic E-state index is 11.1. The summed E-state index contributed by atoms with van der Waals surface area (Å²) in [5.74, 6) is -0.0600. The highest BCUT2D eigenvalue weighted by Gasteiger charge is 2.06. The first-order valence-corrected chi connectivity index (χ1v) is 4.47. The normalized spacial score (nSPS) is 10.4. The second kappa shape index (κ2) is 7.44. The molecular formula is C8H12ClN3O. The molecule has 4 nitrogen and oxygen atoms in total. The largest absolute Gasteiger partial charge is 0.390 e. The third-order valence-electron chi connectivity index (χ3n) is 1.20. The number of hydrogen-bond acceptors (Lipinski definition) is 3. The van der Waals surface area contributed by atoms with Crippen molar-refractivity contribution < 1.29 is 4.79 Å². The molecule has 0 saturated carbocycles. The van der Waals surface area contributed by atoms with E-state index in [0.29, 0.717) is 19.0 Å². The average molecular weight is 202 g/mol. The minimum absolute atomic E-state index is 0.0620. The van der Waals surface area contributed by atoms with Crippen molar-refractivity contribution in [3.8, 4) is 6.07 Å². The SMILES string of the molecule is CCN/C=C(/C#N)C(=O)NCCCl. The van der Waals surface area contributed by atoms with Gasteiger partial charge in [-0.15, -0.1) is 11.6 Å². The number of amides is 1. The second-order valence-corrected chi connectivity index (χ2v) is 2.55. The number of carbonyl (C=O) groups is 1. The lowest BCUT2D eigenvalue weighted by atomic mass is 10.3. The summed E-state index contributed by atoms with van der Waals surface area (Å²) in [7, 11) is 0. The van der Waals surface area contributed by atoms with E-state index >= 15 is 0 Å². The maximum Gasteiger partial charge on any atom is 0.263 e. The van der Waals surface area contributed by atoms with Gasteiger partial charge in [0.05, 0.1) is 0 Å². The summed E-state index contributed by atoms with van der Waals surface area (Å²) in [6.07, 6.45) is 1.39. The van der Waals surface area contributed by atoms with Gasteiger partial charge in [0.2, 0.25) is 0 Å². The third kappa shape index (κ3) is 5.10. The van der Waals surface area contributed by atoms with Crippen LogP contribution >= 0.6 is 11.6 Å². The van der Waals surface area contributed by atoms with Crippen molar-refractivity contribution in [2.24, 2.45) is 0 Å². The first-order valence-electron chi connectivity index (χ1n) is 3.94. The van der Waals surface area contributed by atoms with Gasteiger partial charge in [0.15, 0.2) is 0 Å². The fraction of sp³-hybridized carbons (Fsp3) is 0.500. The van der Waals surface area contributed by atoms with Crippen LogP contribution in [-0.2, 0) is 4.79 Å². The zero-order valence-electron chi connectivity index (χ0n) is 7.43. The van der Waals surface area contributed by atoms with E-state index in [1.807, 2.05) is 6.92 Å². The Morgan fingerprint density at radius 3 is 2.85 bits per heavy atom. The molecule has 0 aromatic carbocycles. The Hall–Kier alpha value is -1.21. The molecule has 2 N–H and O–H groups in total. The van der Waals surface area contributed by atoms with Crippen LogP contribution in [0.5, 0.6) is 0 Å². The number of rotatable bonds is 5. The Morgan fingerprint density at radius 2 is 2.38 bits per heavy atom. The summed E-state index contributed by atoms with van der Waals surface area (Å²) in [5, 5.41) is 13.8. The molecule has 0 aliphatic rings. The van der Waals surface area contributed by atoms with Crippen LogP contribution in [0.15, 0.2) is 11.8 Å². The number of nitrogens with zero attached hydrogens (tertiary/aromatic N) is 1. The summed E-state index contributed by atoms with van der Waals surface area (Å²) in [6.45, 7) is 2.92. The first-order chi connectivity index (χ1) is 6.26. The average Bonchev–Trinajstić information content (AvgIpc) is 2.16. The lowest BCUT2D eigenvalue weighted by Gasteiger charge is -2.00. The van der Waals surface area contributed by atoms with Gasteiger partial charge < -0.3 is 10.6 Å². The van der Waals surface area contributed by atoms with Crippen LogP contribution in [-0.4, -0.2) is 24.9 Å². The van der Waals surface area contributed by atoms with Crippen LogP contribution in [0.3, 0.4) is 0 Å². The number of nitriles is 1. The molecule has 0 atom stereocenters. The molecule has 0 spiro atoms. The predicted molar refractivity (Wildman–Crippen MR) is 51.1 cm³/mol. The van der Waals surface area contributed by atoms with Crippen molar-refractivity contribution in [3.05, 3.63) is 11.8 Å². The molecule has 0 rings (SSSR count).